The highest BCUT2D eigenvalue weighted by atomic mass is 79.9. The Morgan fingerprint density at radius 3 is 2.94 bits per heavy atom. The largest absolute Gasteiger partial charge is 0.310 e. The van der Waals surface area contributed by atoms with E-state index >= 15 is 0 Å². The molecular weight excluding hydrogens is 280 g/mol. The van der Waals surface area contributed by atoms with Crippen molar-refractivity contribution >= 4 is 27.7 Å². The lowest BCUT2D eigenvalue weighted by Gasteiger charge is -2.20. The molecule has 1 heterocycles. The number of nitrogens with one attached hydrogen (secondary N) is 1. The number of carbonyl (C=O) groups is 1. The van der Waals surface area contributed by atoms with Gasteiger partial charge in [0.1, 0.15) is 5.82 Å². The first-order chi connectivity index (χ1) is 8.22. The fraction of sp³-hybridized carbons (Fsp3) is 0.538. The normalized spacial score (nSPS) is 30.5. The number of aromatic nitrogens is 1. The van der Waals surface area contributed by atoms with Gasteiger partial charge < -0.3 is 5.32 Å². The zero-order chi connectivity index (χ0) is 11.8. The number of fused-ring (bicyclic) bond motifs is 2. The molecule has 1 N–H and O–H groups in total. The monoisotopic (exact) mass is 294 g/mol. The Morgan fingerprint density at radius 1 is 1.41 bits per heavy atom. The summed E-state index contributed by atoms with van der Waals surface area (Å²) < 4.78 is 0.941. The number of hydrogen-bond donors (Lipinski definition) is 1. The van der Waals surface area contributed by atoms with E-state index in [2.05, 4.69) is 26.2 Å². The Balaban J connectivity index is 1.68. The number of amides is 1. The van der Waals surface area contributed by atoms with Crippen LogP contribution in [0.5, 0.6) is 0 Å². The van der Waals surface area contributed by atoms with Crippen LogP contribution >= 0.6 is 15.9 Å². The van der Waals surface area contributed by atoms with E-state index in [9.17, 15) is 4.79 Å². The second-order valence-electron chi connectivity index (χ2n) is 5.13. The van der Waals surface area contributed by atoms with Crippen LogP contribution in [0.2, 0.25) is 0 Å². The van der Waals surface area contributed by atoms with Gasteiger partial charge in [0.2, 0.25) is 5.91 Å². The SMILES string of the molecule is O=C(Nc1cc(Br)ccn1)C1CC2CCC1C2. The minimum absolute atomic E-state index is 0.155. The first-order valence-corrected chi connectivity index (χ1v) is 6.94. The van der Waals surface area contributed by atoms with Crippen LogP contribution < -0.4 is 5.32 Å². The van der Waals surface area contributed by atoms with Crippen molar-refractivity contribution in [2.24, 2.45) is 17.8 Å². The molecule has 3 nitrogen and oxygen atoms in total. The number of hydrogen-bond acceptors (Lipinski definition) is 2. The van der Waals surface area contributed by atoms with E-state index in [0.717, 1.165) is 16.8 Å². The number of halogens is 1. The number of nitrogens with zero attached hydrogens (tertiary/aromatic N) is 1. The van der Waals surface area contributed by atoms with Crippen LogP contribution in [0.3, 0.4) is 0 Å². The van der Waals surface area contributed by atoms with Crippen molar-refractivity contribution in [3.8, 4) is 0 Å². The van der Waals surface area contributed by atoms with Crippen molar-refractivity contribution in [3.05, 3.63) is 22.8 Å². The molecule has 0 aromatic carbocycles. The summed E-state index contributed by atoms with van der Waals surface area (Å²) in [6, 6.07) is 3.69. The van der Waals surface area contributed by atoms with E-state index in [-0.39, 0.29) is 11.8 Å². The number of carbonyl (C=O) groups excluding carboxylic acids is 1. The Hall–Kier alpha value is -0.900. The van der Waals surface area contributed by atoms with Gasteiger partial charge in [0.15, 0.2) is 0 Å². The molecule has 3 unspecified atom stereocenters. The third-order valence-electron chi connectivity index (χ3n) is 4.05. The highest BCUT2D eigenvalue weighted by Crippen LogP contribution is 2.48. The molecule has 3 atom stereocenters. The Morgan fingerprint density at radius 2 is 2.29 bits per heavy atom. The molecule has 0 radical (unpaired) electrons. The lowest BCUT2D eigenvalue weighted by molar-refractivity contribution is -0.121. The van der Waals surface area contributed by atoms with Gasteiger partial charge in [-0.15, -0.1) is 0 Å². The summed E-state index contributed by atoms with van der Waals surface area (Å²) in [7, 11) is 0. The van der Waals surface area contributed by atoms with E-state index in [1.807, 2.05) is 12.1 Å². The average Bonchev–Trinajstić information content (AvgIpc) is 2.90. The molecule has 0 spiro atoms. The smallest absolute Gasteiger partial charge is 0.228 e. The molecule has 0 saturated heterocycles. The van der Waals surface area contributed by atoms with Gasteiger partial charge in [0, 0.05) is 16.6 Å². The maximum atomic E-state index is 12.1. The van der Waals surface area contributed by atoms with E-state index in [4.69, 9.17) is 0 Å². The van der Waals surface area contributed by atoms with Crippen molar-refractivity contribution in [1.29, 1.82) is 0 Å². The molecule has 1 aromatic heterocycles. The van der Waals surface area contributed by atoms with Crippen LogP contribution in [0.4, 0.5) is 5.82 Å². The van der Waals surface area contributed by atoms with Crippen molar-refractivity contribution < 1.29 is 4.79 Å². The van der Waals surface area contributed by atoms with Gasteiger partial charge in [-0.05, 0) is 43.2 Å². The molecule has 2 bridgehead atoms. The zero-order valence-electron chi connectivity index (χ0n) is 9.53. The quantitative estimate of drug-likeness (QED) is 0.910. The summed E-state index contributed by atoms with van der Waals surface area (Å²) in [5.41, 5.74) is 0. The van der Waals surface area contributed by atoms with Crippen LogP contribution in [-0.2, 0) is 4.79 Å². The third-order valence-corrected chi connectivity index (χ3v) is 4.54. The maximum absolute atomic E-state index is 12.1. The lowest BCUT2D eigenvalue weighted by Crippen LogP contribution is -2.27. The highest BCUT2D eigenvalue weighted by Gasteiger charge is 2.43. The molecule has 17 heavy (non-hydrogen) atoms. The second kappa shape index (κ2) is 4.41. The van der Waals surface area contributed by atoms with Gasteiger partial charge in [0.25, 0.3) is 0 Å². The van der Waals surface area contributed by atoms with Crippen LogP contribution in [0.1, 0.15) is 25.7 Å². The molecule has 3 rings (SSSR count). The van der Waals surface area contributed by atoms with Crippen LogP contribution in [0.25, 0.3) is 0 Å². The predicted octanol–water partition coefficient (Wildman–Crippen LogP) is 3.22. The van der Waals surface area contributed by atoms with Crippen LogP contribution in [0.15, 0.2) is 22.8 Å². The van der Waals surface area contributed by atoms with Gasteiger partial charge in [-0.25, -0.2) is 4.98 Å². The average molecular weight is 295 g/mol. The fourth-order valence-corrected chi connectivity index (χ4v) is 3.59. The van der Waals surface area contributed by atoms with Crippen molar-refractivity contribution in [1.82, 2.24) is 4.98 Å². The number of pyridine rings is 1. The fourth-order valence-electron chi connectivity index (χ4n) is 3.26. The standard InChI is InChI=1S/C13H15BrN2O/c14-10-3-4-15-12(7-10)16-13(17)11-6-8-1-2-9(11)5-8/h3-4,7-9,11H,1-2,5-6H2,(H,15,16,17). The maximum Gasteiger partial charge on any atom is 0.228 e. The summed E-state index contributed by atoms with van der Waals surface area (Å²) in [6.07, 6.45) is 6.58. The Labute approximate surface area is 109 Å². The second-order valence-corrected chi connectivity index (χ2v) is 6.05. The molecule has 4 heteroatoms. The molecule has 2 saturated carbocycles. The first kappa shape index (κ1) is 11.2. The summed E-state index contributed by atoms with van der Waals surface area (Å²) in [6.45, 7) is 0. The van der Waals surface area contributed by atoms with Crippen molar-refractivity contribution in [3.63, 3.8) is 0 Å². The molecular formula is C13H15BrN2O. The summed E-state index contributed by atoms with van der Waals surface area (Å²) in [4.78, 5) is 16.3. The molecule has 1 aromatic rings. The van der Waals surface area contributed by atoms with Gasteiger partial charge in [-0.1, -0.05) is 22.4 Å². The highest BCUT2D eigenvalue weighted by molar-refractivity contribution is 9.10. The predicted molar refractivity (Wildman–Crippen MR) is 69.5 cm³/mol. The van der Waals surface area contributed by atoms with E-state index in [0.29, 0.717) is 11.7 Å². The molecule has 2 aliphatic carbocycles. The van der Waals surface area contributed by atoms with Gasteiger partial charge in [-0.2, -0.15) is 0 Å². The molecule has 2 fully saturated rings. The van der Waals surface area contributed by atoms with Crippen molar-refractivity contribution in [2.45, 2.75) is 25.7 Å². The summed E-state index contributed by atoms with van der Waals surface area (Å²) in [5.74, 6) is 2.43. The molecule has 90 valence electrons. The van der Waals surface area contributed by atoms with Gasteiger partial charge in [-0.3, -0.25) is 4.79 Å². The third kappa shape index (κ3) is 2.23. The molecule has 0 aliphatic heterocycles. The molecule has 1 amide bonds. The van der Waals surface area contributed by atoms with Crippen LogP contribution in [-0.4, -0.2) is 10.9 Å². The summed E-state index contributed by atoms with van der Waals surface area (Å²) in [5, 5.41) is 2.93. The molecule has 2 aliphatic rings. The van der Waals surface area contributed by atoms with Crippen LogP contribution in [0, 0.1) is 17.8 Å². The van der Waals surface area contributed by atoms with E-state index in [1.165, 1.54) is 19.3 Å². The van der Waals surface area contributed by atoms with Gasteiger partial charge in [0.05, 0.1) is 0 Å². The summed E-state index contributed by atoms with van der Waals surface area (Å²) >= 11 is 3.38. The van der Waals surface area contributed by atoms with Gasteiger partial charge >= 0.3 is 0 Å². The minimum Gasteiger partial charge on any atom is -0.310 e. The van der Waals surface area contributed by atoms with E-state index in [1.54, 1.807) is 6.20 Å². The first-order valence-electron chi connectivity index (χ1n) is 6.15. The Bertz CT molecular complexity index is 449. The Kier molecular flexibility index (Phi) is 2.90. The minimum atomic E-state index is 0.155. The lowest BCUT2D eigenvalue weighted by atomic mass is 9.88. The topological polar surface area (TPSA) is 42.0 Å². The zero-order valence-corrected chi connectivity index (χ0v) is 11.1. The number of rotatable bonds is 2. The number of anilines is 1. The van der Waals surface area contributed by atoms with Crippen molar-refractivity contribution in [2.75, 3.05) is 5.32 Å². The van der Waals surface area contributed by atoms with E-state index < -0.39 is 0 Å².